The largest absolute Gasteiger partial charge is 0.447 e. The minimum atomic E-state index is -3.49. The first-order chi connectivity index (χ1) is 9.89. The maximum atomic E-state index is 11.9. The zero-order chi connectivity index (χ0) is 15.5. The van der Waals surface area contributed by atoms with Crippen LogP contribution >= 0.6 is 0 Å². The molecule has 6 nitrogen and oxygen atoms in total. The van der Waals surface area contributed by atoms with Gasteiger partial charge in [0.2, 0.25) is 5.09 Å². The topological polar surface area (TPSA) is 71.8 Å². The van der Waals surface area contributed by atoms with Gasteiger partial charge in [0.25, 0.3) is 10.0 Å². The third kappa shape index (κ3) is 4.06. The van der Waals surface area contributed by atoms with Gasteiger partial charge in [0.1, 0.15) is 5.76 Å². The summed E-state index contributed by atoms with van der Waals surface area (Å²) in [6.07, 6.45) is 3.51. The molecule has 21 heavy (non-hydrogen) atoms. The molecule has 0 amide bonds. The monoisotopic (exact) mass is 316 g/mol. The van der Waals surface area contributed by atoms with E-state index in [1.165, 1.54) is 33.0 Å². The van der Waals surface area contributed by atoms with Crippen LogP contribution in [0.25, 0.3) is 0 Å². The number of rotatable bonds is 9. The Morgan fingerprint density at radius 1 is 1.38 bits per heavy atom. The van der Waals surface area contributed by atoms with Crippen LogP contribution in [0.15, 0.2) is 21.6 Å². The molecule has 0 aromatic carbocycles. The summed E-state index contributed by atoms with van der Waals surface area (Å²) in [6.45, 7) is 2.23. The zero-order valence-electron chi connectivity index (χ0n) is 12.9. The molecule has 1 aliphatic carbocycles. The fourth-order valence-corrected chi connectivity index (χ4v) is 3.05. The van der Waals surface area contributed by atoms with E-state index in [-0.39, 0.29) is 5.09 Å². The molecule has 0 unspecified atom stereocenters. The molecule has 1 aromatic heterocycles. The van der Waals surface area contributed by atoms with E-state index >= 15 is 0 Å². The number of nitrogens with zero attached hydrogens (tertiary/aromatic N) is 1. The van der Waals surface area contributed by atoms with Gasteiger partial charge >= 0.3 is 0 Å². The summed E-state index contributed by atoms with van der Waals surface area (Å²) in [4.78, 5) is 0. The van der Waals surface area contributed by atoms with E-state index in [1.807, 2.05) is 0 Å². The van der Waals surface area contributed by atoms with Crippen LogP contribution in [0.1, 0.15) is 25.0 Å². The Morgan fingerprint density at radius 2 is 2.10 bits per heavy atom. The summed E-state index contributed by atoms with van der Waals surface area (Å²) in [6, 6.07) is 3.21. The van der Waals surface area contributed by atoms with Crippen LogP contribution in [-0.4, -0.2) is 47.1 Å². The Labute approximate surface area is 126 Å². The van der Waals surface area contributed by atoms with Gasteiger partial charge in [0, 0.05) is 34.4 Å². The summed E-state index contributed by atoms with van der Waals surface area (Å²) in [5.74, 6) is 0.637. The van der Waals surface area contributed by atoms with Gasteiger partial charge in [0.05, 0.1) is 6.54 Å². The van der Waals surface area contributed by atoms with Crippen LogP contribution in [0.2, 0.25) is 0 Å². The van der Waals surface area contributed by atoms with Crippen molar-refractivity contribution in [3.63, 3.8) is 0 Å². The lowest BCUT2D eigenvalue weighted by atomic mass is 10.0. The van der Waals surface area contributed by atoms with Crippen molar-refractivity contribution in [3.8, 4) is 0 Å². The summed E-state index contributed by atoms with van der Waals surface area (Å²) >= 11 is 0. The number of sulfonamides is 1. The lowest BCUT2D eigenvalue weighted by molar-refractivity contribution is 0.171. The highest BCUT2D eigenvalue weighted by atomic mass is 32.2. The van der Waals surface area contributed by atoms with E-state index in [0.29, 0.717) is 17.7 Å². The fourth-order valence-electron chi connectivity index (χ4n) is 2.23. The number of furan rings is 1. The summed E-state index contributed by atoms with van der Waals surface area (Å²) in [5.41, 5.74) is 0.362. The van der Waals surface area contributed by atoms with Crippen LogP contribution < -0.4 is 5.32 Å². The average Bonchev–Trinajstić information content (AvgIpc) is 3.03. The van der Waals surface area contributed by atoms with Gasteiger partial charge in [-0.05, 0) is 36.8 Å². The number of ether oxygens (including phenoxy) is 1. The second-order valence-corrected chi connectivity index (χ2v) is 7.94. The molecule has 0 aliphatic heterocycles. The first-order valence-corrected chi connectivity index (χ1v) is 8.55. The molecule has 1 saturated carbocycles. The highest BCUT2D eigenvalue weighted by molar-refractivity contribution is 7.88. The van der Waals surface area contributed by atoms with Gasteiger partial charge in [0.15, 0.2) is 0 Å². The predicted octanol–water partition coefficient (Wildman–Crippen LogP) is 1.44. The average molecular weight is 316 g/mol. The molecular formula is C14H24N2O4S. The van der Waals surface area contributed by atoms with E-state index < -0.39 is 10.0 Å². The van der Waals surface area contributed by atoms with Crippen molar-refractivity contribution in [3.05, 3.63) is 17.9 Å². The summed E-state index contributed by atoms with van der Waals surface area (Å²) < 4.78 is 35.5. The van der Waals surface area contributed by atoms with Gasteiger partial charge in [-0.1, -0.05) is 0 Å². The van der Waals surface area contributed by atoms with Crippen molar-refractivity contribution in [1.82, 2.24) is 9.62 Å². The van der Waals surface area contributed by atoms with Crippen molar-refractivity contribution in [1.29, 1.82) is 0 Å². The van der Waals surface area contributed by atoms with Crippen LogP contribution in [-0.2, 0) is 21.3 Å². The molecule has 7 heteroatoms. The molecule has 0 atom stereocenters. The van der Waals surface area contributed by atoms with Gasteiger partial charge < -0.3 is 14.5 Å². The second kappa shape index (κ2) is 6.48. The summed E-state index contributed by atoms with van der Waals surface area (Å²) in [5, 5.41) is 3.34. The fraction of sp³-hybridized carbons (Fsp3) is 0.714. The van der Waals surface area contributed by atoms with E-state index in [1.54, 1.807) is 13.2 Å². The molecule has 0 spiro atoms. The highest BCUT2D eigenvalue weighted by Gasteiger charge is 2.41. The minimum Gasteiger partial charge on any atom is -0.447 e. The molecule has 0 bridgehead atoms. The molecule has 120 valence electrons. The van der Waals surface area contributed by atoms with Crippen LogP contribution in [0.5, 0.6) is 0 Å². The first-order valence-electron chi connectivity index (χ1n) is 7.11. The molecule has 0 radical (unpaired) electrons. The van der Waals surface area contributed by atoms with E-state index in [0.717, 1.165) is 23.9 Å². The number of methoxy groups -OCH3 is 1. The van der Waals surface area contributed by atoms with E-state index in [2.05, 4.69) is 5.32 Å². The molecule has 1 aromatic rings. The minimum absolute atomic E-state index is 0.00943. The van der Waals surface area contributed by atoms with Crippen LogP contribution in [0.4, 0.5) is 0 Å². The Morgan fingerprint density at radius 3 is 2.67 bits per heavy atom. The molecule has 1 N–H and O–H groups in total. The van der Waals surface area contributed by atoms with Gasteiger partial charge in [-0.25, -0.2) is 12.7 Å². The number of nitrogens with one attached hydrogen (secondary N) is 1. The predicted molar refractivity (Wildman–Crippen MR) is 79.4 cm³/mol. The van der Waals surface area contributed by atoms with Crippen molar-refractivity contribution >= 4 is 10.0 Å². The van der Waals surface area contributed by atoms with Crippen molar-refractivity contribution in [2.75, 3.05) is 34.4 Å². The van der Waals surface area contributed by atoms with Gasteiger partial charge in [-0.3, -0.25) is 0 Å². The van der Waals surface area contributed by atoms with Crippen LogP contribution in [0, 0.1) is 5.41 Å². The van der Waals surface area contributed by atoms with E-state index in [4.69, 9.17) is 9.15 Å². The second-order valence-electron chi connectivity index (χ2n) is 5.85. The van der Waals surface area contributed by atoms with Gasteiger partial charge in [-0.15, -0.1) is 0 Å². The van der Waals surface area contributed by atoms with Gasteiger partial charge in [-0.2, -0.15) is 0 Å². The lowest BCUT2D eigenvalue weighted by Gasteiger charge is -2.14. The Kier molecular flexibility index (Phi) is 5.08. The normalized spacial score (nSPS) is 17.3. The van der Waals surface area contributed by atoms with E-state index in [9.17, 15) is 8.42 Å². The zero-order valence-corrected chi connectivity index (χ0v) is 13.7. The van der Waals surface area contributed by atoms with Crippen molar-refractivity contribution < 1.29 is 17.6 Å². The Hall–Kier alpha value is -0.890. The van der Waals surface area contributed by atoms with Crippen molar-refractivity contribution in [2.45, 2.75) is 30.9 Å². The third-order valence-electron chi connectivity index (χ3n) is 3.96. The molecule has 1 fully saturated rings. The SMILES string of the molecule is COCCC1(CNCc2ccc(S(=O)(=O)N(C)C)o2)CC1. The lowest BCUT2D eigenvalue weighted by Crippen LogP contribution is -2.24. The first kappa shape index (κ1) is 16.5. The quantitative estimate of drug-likeness (QED) is 0.746. The maximum absolute atomic E-state index is 11.9. The Balaban J connectivity index is 1.84. The molecule has 0 saturated heterocycles. The molecule has 1 heterocycles. The molecule has 1 aliphatic rings. The Bertz CT molecular complexity index is 561. The number of hydrogen-bond acceptors (Lipinski definition) is 5. The van der Waals surface area contributed by atoms with Crippen molar-refractivity contribution in [2.24, 2.45) is 5.41 Å². The smallest absolute Gasteiger partial charge is 0.275 e. The third-order valence-corrected chi connectivity index (χ3v) is 5.65. The van der Waals surface area contributed by atoms with Crippen LogP contribution in [0.3, 0.4) is 0 Å². The summed E-state index contributed by atoms with van der Waals surface area (Å²) in [7, 11) is 1.21. The molecular weight excluding hydrogens is 292 g/mol. The standard InChI is InChI=1S/C14H24N2O4S/c1-16(2)21(17,18)13-5-4-12(20-13)10-15-11-14(6-7-14)8-9-19-3/h4-5,15H,6-11H2,1-3H3. The highest BCUT2D eigenvalue weighted by Crippen LogP contribution is 2.48. The maximum Gasteiger partial charge on any atom is 0.275 e. The number of hydrogen-bond donors (Lipinski definition) is 1. The molecule has 2 rings (SSSR count).